The molecule has 2 aromatic heterocycles. The zero-order chi connectivity index (χ0) is 16.9. The molecule has 0 unspecified atom stereocenters. The largest absolute Gasteiger partial charge is 0.302 e. The second-order valence-corrected chi connectivity index (χ2v) is 6.70. The van der Waals surface area contributed by atoms with Gasteiger partial charge in [0.2, 0.25) is 5.91 Å². The second kappa shape index (κ2) is 7.33. The van der Waals surface area contributed by atoms with Crippen molar-refractivity contribution in [1.82, 2.24) is 9.97 Å². The van der Waals surface area contributed by atoms with Gasteiger partial charge in [-0.25, -0.2) is 9.97 Å². The molecule has 0 aliphatic rings. The first kappa shape index (κ1) is 16.3. The maximum absolute atomic E-state index is 12.1. The SMILES string of the molecule is Cc1csc(NC(=O)Cc2csc(NC(=O)c3ccccc3)n2)n1. The fourth-order valence-electron chi connectivity index (χ4n) is 1.94. The third-order valence-electron chi connectivity index (χ3n) is 3.02. The van der Waals surface area contributed by atoms with Gasteiger partial charge in [-0.05, 0) is 19.1 Å². The highest BCUT2D eigenvalue weighted by molar-refractivity contribution is 7.14. The average Bonchev–Trinajstić information content (AvgIpc) is 3.17. The average molecular weight is 358 g/mol. The Balaban J connectivity index is 1.57. The van der Waals surface area contributed by atoms with Gasteiger partial charge < -0.3 is 5.32 Å². The van der Waals surface area contributed by atoms with Crippen LogP contribution in [0.15, 0.2) is 41.1 Å². The fraction of sp³-hybridized carbons (Fsp3) is 0.125. The second-order valence-electron chi connectivity index (χ2n) is 4.98. The predicted octanol–water partition coefficient (Wildman–Crippen LogP) is 3.34. The van der Waals surface area contributed by atoms with Crippen LogP contribution in [-0.4, -0.2) is 21.8 Å². The molecular formula is C16H14N4O2S2. The lowest BCUT2D eigenvalue weighted by molar-refractivity contribution is -0.115. The summed E-state index contributed by atoms with van der Waals surface area (Å²) >= 11 is 2.67. The number of carbonyl (C=O) groups is 2. The molecule has 2 N–H and O–H groups in total. The molecule has 3 aromatic rings. The van der Waals surface area contributed by atoms with Crippen LogP contribution >= 0.6 is 22.7 Å². The molecule has 0 bridgehead atoms. The minimum absolute atomic E-state index is 0.135. The number of amides is 2. The minimum atomic E-state index is -0.223. The van der Waals surface area contributed by atoms with E-state index in [1.54, 1.807) is 29.6 Å². The highest BCUT2D eigenvalue weighted by Crippen LogP contribution is 2.18. The van der Waals surface area contributed by atoms with E-state index in [4.69, 9.17) is 0 Å². The number of anilines is 2. The highest BCUT2D eigenvalue weighted by Gasteiger charge is 2.12. The number of hydrogen-bond acceptors (Lipinski definition) is 6. The quantitative estimate of drug-likeness (QED) is 0.733. The Bertz CT molecular complexity index is 858. The molecule has 0 saturated heterocycles. The van der Waals surface area contributed by atoms with E-state index >= 15 is 0 Å². The van der Waals surface area contributed by atoms with Crippen molar-refractivity contribution in [2.75, 3.05) is 10.6 Å². The molecule has 3 rings (SSSR count). The summed E-state index contributed by atoms with van der Waals surface area (Å²) in [5.41, 5.74) is 2.04. The number of nitrogens with one attached hydrogen (secondary N) is 2. The number of aryl methyl sites for hydroxylation is 1. The molecular weight excluding hydrogens is 344 g/mol. The van der Waals surface area contributed by atoms with E-state index in [0.717, 1.165) is 5.69 Å². The molecule has 0 radical (unpaired) electrons. The molecule has 0 aliphatic heterocycles. The van der Waals surface area contributed by atoms with Gasteiger partial charge >= 0.3 is 0 Å². The van der Waals surface area contributed by atoms with Crippen molar-refractivity contribution in [3.8, 4) is 0 Å². The summed E-state index contributed by atoms with van der Waals surface area (Å²) in [5.74, 6) is -0.408. The number of hydrogen-bond donors (Lipinski definition) is 2. The van der Waals surface area contributed by atoms with E-state index in [1.165, 1.54) is 22.7 Å². The number of aromatic nitrogens is 2. The lowest BCUT2D eigenvalue weighted by Crippen LogP contribution is -2.15. The van der Waals surface area contributed by atoms with Crippen molar-refractivity contribution in [1.29, 1.82) is 0 Å². The Hall–Kier alpha value is -2.58. The molecule has 24 heavy (non-hydrogen) atoms. The van der Waals surface area contributed by atoms with Gasteiger partial charge in [0, 0.05) is 16.3 Å². The summed E-state index contributed by atoms with van der Waals surface area (Å²) in [6, 6.07) is 8.90. The van der Waals surface area contributed by atoms with Crippen molar-refractivity contribution in [2.45, 2.75) is 13.3 Å². The van der Waals surface area contributed by atoms with Gasteiger partial charge in [-0.15, -0.1) is 22.7 Å². The Morgan fingerprint density at radius 2 is 1.71 bits per heavy atom. The van der Waals surface area contributed by atoms with Crippen molar-refractivity contribution in [2.24, 2.45) is 0 Å². The lowest BCUT2D eigenvalue weighted by Gasteiger charge is -2.01. The fourth-order valence-corrected chi connectivity index (χ4v) is 3.35. The van der Waals surface area contributed by atoms with Gasteiger partial charge in [0.15, 0.2) is 10.3 Å². The Labute approximate surface area is 146 Å². The molecule has 2 amide bonds. The van der Waals surface area contributed by atoms with E-state index in [9.17, 15) is 9.59 Å². The van der Waals surface area contributed by atoms with Gasteiger partial charge in [-0.3, -0.25) is 14.9 Å². The third kappa shape index (κ3) is 4.24. The molecule has 1 aromatic carbocycles. The molecule has 0 saturated carbocycles. The van der Waals surface area contributed by atoms with Gasteiger partial charge in [0.05, 0.1) is 17.8 Å². The molecule has 0 spiro atoms. The number of rotatable bonds is 5. The maximum atomic E-state index is 12.1. The first-order chi connectivity index (χ1) is 11.6. The van der Waals surface area contributed by atoms with E-state index in [0.29, 0.717) is 21.5 Å². The Morgan fingerprint density at radius 1 is 1.00 bits per heavy atom. The standard InChI is InChI=1S/C16H14N4O2S2/c1-10-8-23-15(17-10)19-13(21)7-12-9-24-16(18-12)20-14(22)11-5-3-2-4-6-11/h2-6,8-9H,7H2,1H3,(H,17,19,21)(H,18,20,22). The molecule has 0 atom stereocenters. The van der Waals surface area contributed by atoms with E-state index in [-0.39, 0.29) is 18.2 Å². The smallest absolute Gasteiger partial charge is 0.257 e. The zero-order valence-corrected chi connectivity index (χ0v) is 14.4. The monoisotopic (exact) mass is 358 g/mol. The van der Waals surface area contributed by atoms with E-state index in [1.807, 2.05) is 18.4 Å². The van der Waals surface area contributed by atoms with Crippen LogP contribution in [0, 0.1) is 6.92 Å². The van der Waals surface area contributed by atoms with Crippen LogP contribution in [0.1, 0.15) is 21.7 Å². The zero-order valence-electron chi connectivity index (χ0n) is 12.8. The third-order valence-corrected chi connectivity index (χ3v) is 4.70. The summed E-state index contributed by atoms with van der Waals surface area (Å²) in [4.78, 5) is 32.5. The summed E-state index contributed by atoms with van der Waals surface area (Å²) < 4.78 is 0. The normalized spacial score (nSPS) is 10.4. The van der Waals surface area contributed by atoms with Crippen molar-refractivity contribution in [3.63, 3.8) is 0 Å². The molecule has 0 aliphatic carbocycles. The first-order valence-electron chi connectivity index (χ1n) is 7.13. The number of nitrogens with zero attached hydrogens (tertiary/aromatic N) is 2. The van der Waals surface area contributed by atoms with Gasteiger partial charge in [0.1, 0.15) is 0 Å². The molecule has 0 fully saturated rings. The Morgan fingerprint density at radius 3 is 2.42 bits per heavy atom. The summed E-state index contributed by atoms with van der Waals surface area (Å²) in [6.45, 7) is 1.87. The van der Waals surface area contributed by atoms with Crippen molar-refractivity contribution < 1.29 is 9.59 Å². The molecule has 6 nitrogen and oxygen atoms in total. The van der Waals surface area contributed by atoms with Crippen LogP contribution in [0.5, 0.6) is 0 Å². The molecule has 8 heteroatoms. The van der Waals surface area contributed by atoms with Gasteiger partial charge in [0.25, 0.3) is 5.91 Å². The van der Waals surface area contributed by atoms with Crippen LogP contribution in [0.2, 0.25) is 0 Å². The summed E-state index contributed by atoms with van der Waals surface area (Å²) in [6.07, 6.45) is 0.135. The van der Waals surface area contributed by atoms with Crippen LogP contribution < -0.4 is 10.6 Å². The van der Waals surface area contributed by atoms with Crippen LogP contribution in [0.25, 0.3) is 0 Å². The Kier molecular flexibility index (Phi) is 4.97. The van der Waals surface area contributed by atoms with Crippen LogP contribution in [-0.2, 0) is 11.2 Å². The van der Waals surface area contributed by atoms with Gasteiger partial charge in [-0.1, -0.05) is 18.2 Å². The van der Waals surface area contributed by atoms with E-state index < -0.39 is 0 Å². The van der Waals surface area contributed by atoms with E-state index in [2.05, 4.69) is 20.6 Å². The maximum Gasteiger partial charge on any atom is 0.257 e. The van der Waals surface area contributed by atoms with Crippen molar-refractivity contribution in [3.05, 3.63) is 58.0 Å². The summed E-state index contributed by atoms with van der Waals surface area (Å²) in [7, 11) is 0. The summed E-state index contributed by atoms with van der Waals surface area (Å²) in [5, 5.41) is 10.1. The number of carbonyl (C=O) groups excluding carboxylic acids is 2. The predicted molar refractivity (Wildman–Crippen MR) is 95.7 cm³/mol. The lowest BCUT2D eigenvalue weighted by atomic mass is 10.2. The molecule has 122 valence electrons. The van der Waals surface area contributed by atoms with Crippen LogP contribution in [0.3, 0.4) is 0 Å². The first-order valence-corrected chi connectivity index (χ1v) is 8.89. The van der Waals surface area contributed by atoms with Crippen molar-refractivity contribution >= 4 is 44.8 Å². The molecule has 2 heterocycles. The highest BCUT2D eigenvalue weighted by atomic mass is 32.1. The number of benzene rings is 1. The topological polar surface area (TPSA) is 84.0 Å². The van der Waals surface area contributed by atoms with Gasteiger partial charge in [-0.2, -0.15) is 0 Å². The number of thiazole rings is 2. The minimum Gasteiger partial charge on any atom is -0.302 e. The van der Waals surface area contributed by atoms with Crippen LogP contribution in [0.4, 0.5) is 10.3 Å².